The van der Waals surface area contributed by atoms with Gasteiger partial charge in [0.15, 0.2) is 6.61 Å². The van der Waals surface area contributed by atoms with Gasteiger partial charge in [0.05, 0.1) is 4.90 Å². The van der Waals surface area contributed by atoms with Crippen LogP contribution in [0.25, 0.3) is 0 Å². The Morgan fingerprint density at radius 2 is 1.81 bits per heavy atom. The summed E-state index contributed by atoms with van der Waals surface area (Å²) in [7, 11) is -3.53. The Labute approximate surface area is 167 Å². The Hall–Kier alpha value is -1.80. The molecule has 0 aromatic heterocycles. The summed E-state index contributed by atoms with van der Waals surface area (Å²) in [5.74, 6) is 0.0412. The van der Waals surface area contributed by atoms with Gasteiger partial charge in [0.2, 0.25) is 10.0 Å². The van der Waals surface area contributed by atoms with Crippen LogP contribution >= 0.6 is 23.2 Å². The first-order valence-electron chi connectivity index (χ1n) is 8.25. The van der Waals surface area contributed by atoms with Crippen molar-refractivity contribution < 1.29 is 17.9 Å². The first kappa shape index (κ1) is 19.9. The average Bonchev–Trinajstić information content (AvgIpc) is 3.36. The van der Waals surface area contributed by atoms with E-state index in [0.29, 0.717) is 27.0 Å². The number of carbonyl (C=O) groups excluding carboxylic acids is 1. The van der Waals surface area contributed by atoms with Crippen LogP contribution in [0.5, 0.6) is 5.75 Å². The van der Waals surface area contributed by atoms with Crippen LogP contribution in [0.4, 0.5) is 5.69 Å². The molecule has 144 valence electrons. The van der Waals surface area contributed by atoms with Crippen molar-refractivity contribution in [2.45, 2.75) is 30.7 Å². The number of hydrogen-bond acceptors (Lipinski definition) is 4. The van der Waals surface area contributed by atoms with Crippen molar-refractivity contribution in [2.75, 3.05) is 11.9 Å². The van der Waals surface area contributed by atoms with E-state index in [2.05, 4.69) is 10.0 Å². The number of halogens is 2. The van der Waals surface area contributed by atoms with Gasteiger partial charge >= 0.3 is 0 Å². The van der Waals surface area contributed by atoms with E-state index in [4.69, 9.17) is 27.9 Å². The molecule has 6 nitrogen and oxygen atoms in total. The number of ether oxygens (including phenoxy) is 1. The first-order chi connectivity index (χ1) is 12.7. The highest BCUT2D eigenvalue weighted by atomic mass is 35.5. The summed E-state index contributed by atoms with van der Waals surface area (Å²) < 4.78 is 32.6. The summed E-state index contributed by atoms with van der Waals surface area (Å²) in [6.07, 6.45) is 1.73. The Balaban J connectivity index is 1.61. The zero-order valence-corrected chi connectivity index (χ0v) is 16.8. The zero-order chi connectivity index (χ0) is 19.6. The number of nitrogens with one attached hydrogen (secondary N) is 2. The largest absolute Gasteiger partial charge is 0.483 e. The summed E-state index contributed by atoms with van der Waals surface area (Å²) in [6.45, 7) is 1.48. The fourth-order valence-corrected chi connectivity index (χ4v) is 4.32. The van der Waals surface area contributed by atoms with Crippen LogP contribution < -0.4 is 14.8 Å². The summed E-state index contributed by atoms with van der Waals surface area (Å²) in [5, 5.41) is 3.46. The molecule has 1 aliphatic rings. The van der Waals surface area contributed by atoms with Crippen molar-refractivity contribution in [2.24, 2.45) is 0 Å². The van der Waals surface area contributed by atoms with E-state index in [0.717, 1.165) is 12.8 Å². The van der Waals surface area contributed by atoms with Crippen molar-refractivity contribution in [3.05, 3.63) is 52.0 Å². The number of aryl methyl sites for hydroxylation is 1. The van der Waals surface area contributed by atoms with Gasteiger partial charge in [0, 0.05) is 21.8 Å². The maximum Gasteiger partial charge on any atom is 0.262 e. The predicted octanol–water partition coefficient (Wildman–Crippen LogP) is 3.76. The van der Waals surface area contributed by atoms with Crippen molar-refractivity contribution in [3.8, 4) is 5.75 Å². The minimum Gasteiger partial charge on any atom is -0.483 e. The van der Waals surface area contributed by atoms with E-state index >= 15 is 0 Å². The molecule has 1 amide bonds. The number of benzene rings is 2. The van der Waals surface area contributed by atoms with Crippen molar-refractivity contribution >= 4 is 44.8 Å². The molecule has 2 N–H and O–H groups in total. The molecule has 2 aromatic rings. The van der Waals surface area contributed by atoms with Gasteiger partial charge in [-0.3, -0.25) is 4.79 Å². The third-order valence-electron chi connectivity index (χ3n) is 3.86. The number of rotatable bonds is 7. The molecular weight excluding hydrogens is 411 g/mol. The Bertz CT molecular complexity index is 955. The van der Waals surface area contributed by atoms with Gasteiger partial charge in [-0.15, -0.1) is 0 Å². The van der Waals surface area contributed by atoms with Crippen LogP contribution in [0.1, 0.15) is 18.4 Å². The van der Waals surface area contributed by atoms with Crippen molar-refractivity contribution in [1.82, 2.24) is 4.72 Å². The maximum absolute atomic E-state index is 12.2. The van der Waals surface area contributed by atoms with Crippen LogP contribution in [-0.2, 0) is 14.8 Å². The summed E-state index contributed by atoms with van der Waals surface area (Å²) in [5.41, 5.74) is 1.08. The Kier molecular flexibility index (Phi) is 5.95. The lowest BCUT2D eigenvalue weighted by atomic mass is 10.2. The van der Waals surface area contributed by atoms with Crippen molar-refractivity contribution in [3.63, 3.8) is 0 Å². The predicted molar refractivity (Wildman–Crippen MR) is 105 cm³/mol. The molecule has 3 rings (SSSR count). The lowest BCUT2D eigenvalue weighted by Gasteiger charge is -2.12. The quantitative estimate of drug-likeness (QED) is 0.702. The normalized spacial score (nSPS) is 14.0. The topological polar surface area (TPSA) is 84.5 Å². The van der Waals surface area contributed by atoms with Gasteiger partial charge in [-0.1, -0.05) is 23.2 Å². The highest BCUT2D eigenvalue weighted by Gasteiger charge is 2.28. The Morgan fingerprint density at radius 1 is 1.15 bits per heavy atom. The summed E-state index contributed by atoms with van der Waals surface area (Å²) in [4.78, 5) is 12.2. The third-order valence-corrected chi connectivity index (χ3v) is 5.82. The van der Waals surface area contributed by atoms with E-state index in [9.17, 15) is 13.2 Å². The molecule has 2 aromatic carbocycles. The van der Waals surface area contributed by atoms with Gasteiger partial charge in [-0.25, -0.2) is 13.1 Å². The SMILES string of the molecule is Cc1cc(S(=O)(=O)NC2CC2)ccc1OCC(=O)Nc1cc(Cl)cc(Cl)c1. The second-order valence-corrected chi connectivity index (χ2v) is 8.90. The molecule has 0 bridgehead atoms. The zero-order valence-electron chi connectivity index (χ0n) is 14.5. The number of carbonyl (C=O) groups is 1. The van der Waals surface area contributed by atoms with Gasteiger partial charge in [0.1, 0.15) is 5.75 Å². The molecule has 0 radical (unpaired) electrons. The average molecular weight is 429 g/mol. The number of amides is 1. The fraction of sp³-hybridized carbons (Fsp3) is 0.278. The fourth-order valence-electron chi connectivity index (χ4n) is 2.41. The van der Waals surface area contributed by atoms with Crippen LogP contribution in [0.15, 0.2) is 41.3 Å². The first-order valence-corrected chi connectivity index (χ1v) is 10.5. The number of anilines is 1. The molecule has 27 heavy (non-hydrogen) atoms. The second-order valence-electron chi connectivity index (χ2n) is 6.32. The van der Waals surface area contributed by atoms with Gasteiger partial charge < -0.3 is 10.1 Å². The molecule has 1 saturated carbocycles. The van der Waals surface area contributed by atoms with E-state index in [1.807, 2.05) is 0 Å². The molecule has 0 saturated heterocycles. The summed E-state index contributed by atoms with van der Waals surface area (Å²) in [6, 6.07) is 9.27. The molecule has 0 unspecified atom stereocenters. The monoisotopic (exact) mass is 428 g/mol. The molecule has 1 aliphatic carbocycles. The van der Waals surface area contributed by atoms with Crippen molar-refractivity contribution in [1.29, 1.82) is 0 Å². The van der Waals surface area contributed by atoms with E-state index in [-0.39, 0.29) is 23.5 Å². The highest BCUT2D eigenvalue weighted by Crippen LogP contribution is 2.26. The second kappa shape index (κ2) is 8.06. The third kappa shape index (κ3) is 5.59. The van der Waals surface area contributed by atoms with Gasteiger partial charge in [-0.05, 0) is 61.7 Å². The van der Waals surface area contributed by atoms with Gasteiger partial charge in [-0.2, -0.15) is 0 Å². The summed E-state index contributed by atoms with van der Waals surface area (Å²) >= 11 is 11.8. The van der Waals surface area contributed by atoms with E-state index in [1.165, 1.54) is 12.1 Å². The Morgan fingerprint density at radius 3 is 2.41 bits per heavy atom. The lowest BCUT2D eigenvalue weighted by molar-refractivity contribution is -0.118. The molecule has 0 spiro atoms. The maximum atomic E-state index is 12.2. The minimum absolute atomic E-state index is 0.0370. The van der Waals surface area contributed by atoms with E-state index in [1.54, 1.807) is 31.2 Å². The smallest absolute Gasteiger partial charge is 0.262 e. The number of hydrogen-bond donors (Lipinski definition) is 2. The van der Waals surface area contributed by atoms with Crippen LogP contribution in [-0.4, -0.2) is 27.0 Å². The van der Waals surface area contributed by atoms with Crippen LogP contribution in [0, 0.1) is 6.92 Å². The lowest BCUT2D eigenvalue weighted by Crippen LogP contribution is -2.25. The number of sulfonamides is 1. The standard InChI is InChI=1S/C18H18Cl2N2O4S/c1-11-6-16(27(24,25)22-14-2-3-14)4-5-17(11)26-10-18(23)21-15-8-12(19)7-13(20)9-15/h4-9,14,22H,2-3,10H2,1H3,(H,21,23). The van der Waals surface area contributed by atoms with Crippen LogP contribution in [0.2, 0.25) is 10.0 Å². The van der Waals surface area contributed by atoms with Crippen LogP contribution in [0.3, 0.4) is 0 Å². The minimum atomic E-state index is -3.53. The molecule has 0 heterocycles. The molecule has 1 fully saturated rings. The molecule has 9 heteroatoms. The highest BCUT2D eigenvalue weighted by molar-refractivity contribution is 7.89. The van der Waals surface area contributed by atoms with Gasteiger partial charge in [0.25, 0.3) is 5.91 Å². The molecule has 0 aliphatic heterocycles. The molecular formula is C18H18Cl2N2O4S. The molecule has 0 atom stereocenters. The van der Waals surface area contributed by atoms with E-state index < -0.39 is 10.0 Å².